The molecule has 1 saturated heterocycles. The summed E-state index contributed by atoms with van der Waals surface area (Å²) in [5, 5.41) is 0. The maximum Gasteiger partial charge on any atom is 0.222 e. The highest BCUT2D eigenvalue weighted by molar-refractivity contribution is 5.76. The molecule has 100 valence electrons. The molecule has 0 unspecified atom stereocenters. The second-order valence-electron chi connectivity index (χ2n) is 5.32. The molecular formula is C14H28N2O. The van der Waals surface area contributed by atoms with Gasteiger partial charge in [-0.2, -0.15) is 0 Å². The summed E-state index contributed by atoms with van der Waals surface area (Å²) in [6, 6.07) is 0.608. The van der Waals surface area contributed by atoms with E-state index in [0.29, 0.717) is 11.9 Å². The van der Waals surface area contributed by atoms with Crippen molar-refractivity contribution >= 4 is 5.91 Å². The molecule has 3 nitrogen and oxygen atoms in total. The van der Waals surface area contributed by atoms with Crippen molar-refractivity contribution in [2.75, 3.05) is 26.2 Å². The molecule has 1 aliphatic heterocycles. The van der Waals surface area contributed by atoms with Crippen LogP contribution in [-0.2, 0) is 4.79 Å². The number of amides is 1. The molecule has 0 aromatic rings. The highest BCUT2D eigenvalue weighted by atomic mass is 16.2. The Labute approximate surface area is 106 Å². The Hall–Kier alpha value is -0.570. The first-order chi connectivity index (χ1) is 8.15. The lowest BCUT2D eigenvalue weighted by Crippen LogP contribution is -2.50. The van der Waals surface area contributed by atoms with E-state index >= 15 is 0 Å². The number of piperazine rings is 1. The zero-order chi connectivity index (χ0) is 12.7. The van der Waals surface area contributed by atoms with Gasteiger partial charge < -0.3 is 4.90 Å². The van der Waals surface area contributed by atoms with Crippen LogP contribution in [0.15, 0.2) is 0 Å². The van der Waals surface area contributed by atoms with Crippen molar-refractivity contribution in [1.29, 1.82) is 0 Å². The Morgan fingerprint density at radius 1 is 1.06 bits per heavy atom. The van der Waals surface area contributed by atoms with Gasteiger partial charge in [-0.25, -0.2) is 0 Å². The molecule has 1 amide bonds. The molecule has 1 heterocycles. The van der Waals surface area contributed by atoms with Crippen LogP contribution in [0.5, 0.6) is 0 Å². The van der Waals surface area contributed by atoms with Gasteiger partial charge in [-0.3, -0.25) is 9.69 Å². The molecular weight excluding hydrogens is 212 g/mol. The minimum absolute atomic E-state index is 0.365. The van der Waals surface area contributed by atoms with Crippen molar-refractivity contribution in [3.63, 3.8) is 0 Å². The highest BCUT2D eigenvalue weighted by Crippen LogP contribution is 2.09. The van der Waals surface area contributed by atoms with E-state index < -0.39 is 0 Å². The standard InChI is InChI=1S/C14H28N2O/c1-4-5-6-7-8-14(17)16-11-9-15(10-12-16)13(2)3/h13H,4-12H2,1-3H3. The van der Waals surface area contributed by atoms with E-state index in [0.717, 1.165) is 39.0 Å². The predicted molar refractivity (Wildman–Crippen MR) is 72.0 cm³/mol. The maximum atomic E-state index is 11.9. The minimum atomic E-state index is 0.365. The number of rotatable bonds is 6. The lowest BCUT2D eigenvalue weighted by atomic mass is 10.1. The molecule has 0 bridgehead atoms. The molecule has 0 aromatic heterocycles. The summed E-state index contributed by atoms with van der Waals surface area (Å²) >= 11 is 0. The monoisotopic (exact) mass is 240 g/mol. The third kappa shape index (κ3) is 5.07. The fraction of sp³-hybridized carbons (Fsp3) is 0.929. The lowest BCUT2D eigenvalue weighted by Gasteiger charge is -2.37. The summed E-state index contributed by atoms with van der Waals surface area (Å²) in [7, 11) is 0. The summed E-state index contributed by atoms with van der Waals surface area (Å²) in [6.07, 6.45) is 5.52. The topological polar surface area (TPSA) is 23.6 Å². The molecule has 0 radical (unpaired) electrons. The van der Waals surface area contributed by atoms with Gasteiger partial charge >= 0.3 is 0 Å². The van der Waals surface area contributed by atoms with Gasteiger partial charge in [0.15, 0.2) is 0 Å². The zero-order valence-electron chi connectivity index (χ0n) is 11.7. The van der Waals surface area contributed by atoms with E-state index in [9.17, 15) is 4.79 Å². The van der Waals surface area contributed by atoms with Crippen molar-refractivity contribution < 1.29 is 4.79 Å². The van der Waals surface area contributed by atoms with Crippen molar-refractivity contribution in [3.05, 3.63) is 0 Å². The van der Waals surface area contributed by atoms with E-state index in [1.807, 2.05) is 4.90 Å². The van der Waals surface area contributed by atoms with Crippen LogP contribution in [0.1, 0.15) is 52.9 Å². The van der Waals surface area contributed by atoms with Crippen molar-refractivity contribution in [1.82, 2.24) is 9.80 Å². The molecule has 0 spiro atoms. The van der Waals surface area contributed by atoms with Crippen LogP contribution in [0, 0.1) is 0 Å². The normalized spacial score (nSPS) is 17.8. The fourth-order valence-corrected chi connectivity index (χ4v) is 2.35. The number of unbranched alkanes of at least 4 members (excludes halogenated alkanes) is 3. The number of hydrogen-bond donors (Lipinski definition) is 0. The first-order valence-electron chi connectivity index (χ1n) is 7.17. The average molecular weight is 240 g/mol. The van der Waals surface area contributed by atoms with Crippen LogP contribution in [0.25, 0.3) is 0 Å². The largest absolute Gasteiger partial charge is 0.340 e. The van der Waals surface area contributed by atoms with Crippen LogP contribution in [0.3, 0.4) is 0 Å². The van der Waals surface area contributed by atoms with Gasteiger partial charge in [-0.05, 0) is 20.3 Å². The summed E-state index contributed by atoms with van der Waals surface area (Å²) in [5.74, 6) is 0.365. The lowest BCUT2D eigenvalue weighted by molar-refractivity contribution is -0.133. The third-order valence-corrected chi connectivity index (χ3v) is 3.64. The SMILES string of the molecule is CCCCCCC(=O)N1CCN(C(C)C)CC1. The summed E-state index contributed by atoms with van der Waals surface area (Å²) in [5.41, 5.74) is 0. The molecule has 1 fully saturated rings. The van der Waals surface area contributed by atoms with E-state index in [1.54, 1.807) is 0 Å². The molecule has 17 heavy (non-hydrogen) atoms. The first kappa shape index (κ1) is 14.5. The zero-order valence-corrected chi connectivity index (χ0v) is 11.7. The van der Waals surface area contributed by atoms with Crippen LogP contribution in [0.2, 0.25) is 0 Å². The second kappa shape index (κ2) is 7.70. The van der Waals surface area contributed by atoms with Gasteiger partial charge in [0.05, 0.1) is 0 Å². The van der Waals surface area contributed by atoms with Gasteiger partial charge in [-0.15, -0.1) is 0 Å². The maximum absolute atomic E-state index is 11.9. The molecule has 3 heteroatoms. The quantitative estimate of drug-likeness (QED) is 0.666. The summed E-state index contributed by atoms with van der Waals surface area (Å²) in [4.78, 5) is 16.4. The van der Waals surface area contributed by atoms with Crippen molar-refractivity contribution in [3.8, 4) is 0 Å². The van der Waals surface area contributed by atoms with Crippen molar-refractivity contribution in [2.45, 2.75) is 58.9 Å². The Morgan fingerprint density at radius 3 is 2.24 bits per heavy atom. The molecule has 0 saturated carbocycles. The third-order valence-electron chi connectivity index (χ3n) is 3.64. The average Bonchev–Trinajstić information content (AvgIpc) is 2.34. The van der Waals surface area contributed by atoms with Gasteiger partial charge in [0.1, 0.15) is 0 Å². The molecule has 1 aliphatic rings. The van der Waals surface area contributed by atoms with Gasteiger partial charge in [0, 0.05) is 38.6 Å². The number of nitrogens with zero attached hydrogens (tertiary/aromatic N) is 2. The van der Waals surface area contributed by atoms with E-state index in [1.165, 1.54) is 19.3 Å². The second-order valence-corrected chi connectivity index (χ2v) is 5.32. The van der Waals surface area contributed by atoms with E-state index in [-0.39, 0.29) is 0 Å². The Morgan fingerprint density at radius 2 is 1.71 bits per heavy atom. The van der Waals surface area contributed by atoms with E-state index in [2.05, 4.69) is 25.7 Å². The smallest absolute Gasteiger partial charge is 0.222 e. The van der Waals surface area contributed by atoms with E-state index in [4.69, 9.17) is 0 Å². The predicted octanol–water partition coefficient (Wildman–Crippen LogP) is 2.51. The Balaban J connectivity index is 2.17. The number of hydrogen-bond acceptors (Lipinski definition) is 2. The molecule has 0 aliphatic carbocycles. The van der Waals surface area contributed by atoms with Gasteiger partial charge in [-0.1, -0.05) is 26.2 Å². The summed E-state index contributed by atoms with van der Waals surface area (Å²) < 4.78 is 0. The Bertz CT molecular complexity index is 220. The molecule has 0 atom stereocenters. The van der Waals surface area contributed by atoms with Crippen LogP contribution >= 0.6 is 0 Å². The van der Waals surface area contributed by atoms with Gasteiger partial charge in [0.2, 0.25) is 5.91 Å². The summed E-state index contributed by atoms with van der Waals surface area (Å²) in [6.45, 7) is 10.6. The van der Waals surface area contributed by atoms with Gasteiger partial charge in [0.25, 0.3) is 0 Å². The fourth-order valence-electron chi connectivity index (χ4n) is 2.35. The number of carbonyl (C=O) groups excluding carboxylic acids is 1. The van der Waals surface area contributed by atoms with Crippen LogP contribution in [-0.4, -0.2) is 47.9 Å². The Kier molecular flexibility index (Phi) is 6.56. The van der Waals surface area contributed by atoms with Crippen LogP contribution < -0.4 is 0 Å². The molecule has 0 N–H and O–H groups in total. The molecule has 0 aromatic carbocycles. The minimum Gasteiger partial charge on any atom is -0.340 e. The van der Waals surface area contributed by atoms with Crippen molar-refractivity contribution in [2.24, 2.45) is 0 Å². The highest BCUT2D eigenvalue weighted by Gasteiger charge is 2.21. The van der Waals surface area contributed by atoms with Crippen LogP contribution in [0.4, 0.5) is 0 Å². The number of carbonyl (C=O) groups is 1. The first-order valence-corrected chi connectivity index (χ1v) is 7.17. The molecule has 1 rings (SSSR count).